The van der Waals surface area contributed by atoms with Gasteiger partial charge in [0.25, 0.3) is 0 Å². The Balaban J connectivity index is 2.52. The Kier molecular flexibility index (Phi) is 4.92. The number of carboxylic acid groups (broad SMARTS) is 1. The van der Waals surface area contributed by atoms with Gasteiger partial charge in [0.15, 0.2) is 0 Å². The van der Waals surface area contributed by atoms with Gasteiger partial charge >= 0.3 is 12.0 Å². The molecule has 0 aromatic rings. The first-order valence-corrected chi connectivity index (χ1v) is 5.94. The highest BCUT2D eigenvalue weighted by Crippen LogP contribution is 2.18. The molecule has 1 unspecified atom stereocenters. The van der Waals surface area contributed by atoms with Crippen molar-refractivity contribution < 1.29 is 19.8 Å². The van der Waals surface area contributed by atoms with Crippen LogP contribution in [0.2, 0.25) is 0 Å². The number of likely N-dealkylation sites (N-methyl/N-ethyl adjacent to an activating group) is 1. The molecule has 0 radical (unpaired) electrons. The molecular formula is C11H21N3O4. The fraction of sp³-hybridized carbons (Fsp3) is 0.818. The third-order valence-electron chi connectivity index (χ3n) is 3.26. The van der Waals surface area contributed by atoms with Gasteiger partial charge < -0.3 is 25.3 Å². The zero-order valence-corrected chi connectivity index (χ0v) is 11.0. The summed E-state index contributed by atoms with van der Waals surface area (Å²) in [5.74, 6) is -1.08. The molecule has 0 saturated carbocycles. The molecule has 1 saturated heterocycles. The molecule has 0 aromatic carbocycles. The number of aliphatic hydroxyl groups excluding tert-OH is 1. The van der Waals surface area contributed by atoms with E-state index in [1.54, 1.807) is 0 Å². The van der Waals surface area contributed by atoms with Crippen LogP contribution in [-0.2, 0) is 4.79 Å². The highest BCUT2D eigenvalue weighted by Gasteiger charge is 2.38. The van der Waals surface area contributed by atoms with Gasteiger partial charge in [-0.05, 0) is 21.0 Å². The van der Waals surface area contributed by atoms with E-state index >= 15 is 0 Å². The van der Waals surface area contributed by atoms with Crippen molar-refractivity contribution in [1.29, 1.82) is 0 Å². The van der Waals surface area contributed by atoms with Crippen molar-refractivity contribution >= 4 is 12.0 Å². The molecule has 1 aliphatic rings. The number of amides is 2. The Morgan fingerprint density at radius 1 is 1.50 bits per heavy atom. The molecule has 3 atom stereocenters. The van der Waals surface area contributed by atoms with Gasteiger partial charge in [-0.1, -0.05) is 0 Å². The second kappa shape index (κ2) is 6.01. The number of β-amino-alcohol motifs (C(OH)–C–C–N with tert-alkyl or cyclic N) is 1. The van der Waals surface area contributed by atoms with E-state index in [1.807, 2.05) is 25.9 Å². The van der Waals surface area contributed by atoms with Crippen LogP contribution in [0, 0.1) is 0 Å². The maximum atomic E-state index is 11.9. The van der Waals surface area contributed by atoms with Crippen LogP contribution in [0.15, 0.2) is 0 Å². The molecule has 0 bridgehead atoms. The Hall–Kier alpha value is -1.34. The lowest BCUT2D eigenvalue weighted by Gasteiger charge is -2.24. The van der Waals surface area contributed by atoms with Crippen LogP contribution in [0.5, 0.6) is 0 Å². The second-order valence-corrected chi connectivity index (χ2v) is 4.89. The number of rotatable bonds is 4. The first-order valence-electron chi connectivity index (χ1n) is 5.94. The van der Waals surface area contributed by atoms with Crippen molar-refractivity contribution in [2.24, 2.45) is 0 Å². The summed E-state index contributed by atoms with van der Waals surface area (Å²) in [7, 11) is 3.80. The number of urea groups is 1. The molecule has 1 aliphatic heterocycles. The molecule has 0 aromatic heterocycles. The fourth-order valence-electron chi connectivity index (χ4n) is 1.79. The number of carboxylic acids is 1. The number of aliphatic hydroxyl groups is 1. The first-order chi connectivity index (χ1) is 8.32. The number of likely N-dealkylation sites (tertiary alicyclic amines) is 1. The van der Waals surface area contributed by atoms with Crippen molar-refractivity contribution in [1.82, 2.24) is 15.1 Å². The molecule has 3 N–H and O–H groups in total. The average Bonchev–Trinajstić information content (AvgIpc) is 2.67. The Bertz CT molecular complexity index is 321. The predicted octanol–water partition coefficient (Wildman–Crippen LogP) is -0.834. The summed E-state index contributed by atoms with van der Waals surface area (Å²) in [5, 5.41) is 21.1. The van der Waals surface area contributed by atoms with Crippen LogP contribution in [0.25, 0.3) is 0 Å². The Labute approximate surface area is 106 Å². The summed E-state index contributed by atoms with van der Waals surface area (Å²) >= 11 is 0. The third-order valence-corrected chi connectivity index (χ3v) is 3.26. The maximum absolute atomic E-state index is 11.9. The van der Waals surface area contributed by atoms with Gasteiger partial charge in [-0.2, -0.15) is 0 Å². The van der Waals surface area contributed by atoms with E-state index in [1.165, 1.54) is 4.90 Å². The summed E-state index contributed by atoms with van der Waals surface area (Å²) < 4.78 is 0. The minimum absolute atomic E-state index is 0.0686. The SMILES string of the molecule is CC(CNC(=O)N1C[C@H](O)C[C@@H]1C(=O)O)N(C)C. The van der Waals surface area contributed by atoms with Crippen molar-refractivity contribution in [2.45, 2.75) is 31.5 Å². The molecule has 1 heterocycles. The van der Waals surface area contributed by atoms with E-state index in [-0.39, 0.29) is 19.0 Å². The van der Waals surface area contributed by atoms with E-state index in [2.05, 4.69) is 5.32 Å². The molecule has 18 heavy (non-hydrogen) atoms. The van der Waals surface area contributed by atoms with Gasteiger partial charge in [-0.3, -0.25) is 0 Å². The van der Waals surface area contributed by atoms with Gasteiger partial charge in [-0.25, -0.2) is 9.59 Å². The number of hydrogen-bond acceptors (Lipinski definition) is 4. The van der Waals surface area contributed by atoms with Crippen molar-refractivity contribution in [3.8, 4) is 0 Å². The van der Waals surface area contributed by atoms with Gasteiger partial charge in [0.05, 0.1) is 6.10 Å². The standard InChI is InChI=1S/C11H21N3O4/c1-7(13(2)3)5-12-11(18)14-6-8(15)4-9(14)10(16)17/h7-9,15H,4-6H2,1-3H3,(H,12,18)(H,16,17)/t7?,8-,9-/m1/s1. The summed E-state index contributed by atoms with van der Waals surface area (Å²) in [6, 6.07) is -1.22. The van der Waals surface area contributed by atoms with Crippen LogP contribution in [0.4, 0.5) is 4.79 Å². The molecule has 0 spiro atoms. The largest absolute Gasteiger partial charge is 0.480 e. The van der Waals surface area contributed by atoms with Crippen LogP contribution in [-0.4, -0.2) is 77.4 Å². The van der Waals surface area contributed by atoms with E-state index in [9.17, 15) is 14.7 Å². The van der Waals surface area contributed by atoms with Gasteiger partial charge in [-0.15, -0.1) is 0 Å². The molecule has 7 heteroatoms. The van der Waals surface area contributed by atoms with E-state index in [4.69, 9.17) is 5.11 Å². The molecular weight excluding hydrogens is 238 g/mol. The fourth-order valence-corrected chi connectivity index (χ4v) is 1.79. The number of nitrogens with zero attached hydrogens (tertiary/aromatic N) is 2. The molecule has 7 nitrogen and oxygen atoms in total. The van der Waals surface area contributed by atoms with Gasteiger partial charge in [0.2, 0.25) is 0 Å². The summed E-state index contributed by atoms with van der Waals surface area (Å²) in [5.41, 5.74) is 0. The van der Waals surface area contributed by atoms with Crippen molar-refractivity contribution in [3.05, 3.63) is 0 Å². The quantitative estimate of drug-likeness (QED) is 0.612. The molecule has 0 aliphatic carbocycles. The van der Waals surface area contributed by atoms with Crippen molar-refractivity contribution in [3.63, 3.8) is 0 Å². The predicted molar refractivity (Wildman–Crippen MR) is 65.3 cm³/mol. The number of nitrogens with one attached hydrogen (secondary N) is 1. The Morgan fingerprint density at radius 3 is 2.61 bits per heavy atom. The third kappa shape index (κ3) is 3.58. The topological polar surface area (TPSA) is 93.1 Å². The second-order valence-electron chi connectivity index (χ2n) is 4.89. The van der Waals surface area contributed by atoms with Crippen LogP contribution < -0.4 is 5.32 Å². The minimum Gasteiger partial charge on any atom is -0.480 e. The van der Waals surface area contributed by atoms with Crippen LogP contribution in [0.1, 0.15) is 13.3 Å². The number of aliphatic carboxylic acids is 1. The first kappa shape index (κ1) is 14.7. The van der Waals surface area contributed by atoms with Gasteiger partial charge in [0.1, 0.15) is 6.04 Å². The molecule has 1 rings (SSSR count). The molecule has 104 valence electrons. The lowest BCUT2D eigenvalue weighted by atomic mass is 10.2. The zero-order valence-electron chi connectivity index (χ0n) is 11.0. The minimum atomic E-state index is -1.08. The number of hydrogen-bond donors (Lipinski definition) is 3. The lowest BCUT2D eigenvalue weighted by molar-refractivity contribution is -0.141. The monoisotopic (exact) mass is 259 g/mol. The van der Waals surface area contributed by atoms with Crippen LogP contribution >= 0.6 is 0 Å². The summed E-state index contributed by atoms with van der Waals surface area (Å²) in [4.78, 5) is 26.0. The number of carbonyl (C=O) groups is 2. The van der Waals surface area contributed by atoms with Gasteiger partial charge in [0, 0.05) is 25.6 Å². The zero-order chi connectivity index (χ0) is 13.9. The number of carbonyl (C=O) groups excluding carboxylic acids is 1. The van der Waals surface area contributed by atoms with Crippen molar-refractivity contribution in [2.75, 3.05) is 27.2 Å². The normalized spacial score (nSPS) is 25.3. The van der Waals surface area contributed by atoms with E-state index in [0.717, 1.165) is 0 Å². The lowest BCUT2D eigenvalue weighted by Crippen LogP contribution is -2.49. The summed E-state index contributed by atoms with van der Waals surface area (Å²) in [6.45, 7) is 2.46. The maximum Gasteiger partial charge on any atom is 0.326 e. The van der Waals surface area contributed by atoms with Crippen LogP contribution in [0.3, 0.4) is 0 Å². The summed E-state index contributed by atoms with van der Waals surface area (Å²) in [6.07, 6.45) is -0.672. The van der Waals surface area contributed by atoms with E-state index in [0.29, 0.717) is 6.54 Å². The molecule has 1 fully saturated rings. The highest BCUT2D eigenvalue weighted by atomic mass is 16.4. The highest BCUT2D eigenvalue weighted by molar-refractivity contribution is 5.83. The molecule has 2 amide bonds. The average molecular weight is 259 g/mol. The van der Waals surface area contributed by atoms with E-state index < -0.39 is 24.1 Å². The Morgan fingerprint density at radius 2 is 2.11 bits per heavy atom. The smallest absolute Gasteiger partial charge is 0.326 e.